The summed E-state index contributed by atoms with van der Waals surface area (Å²) in [6, 6.07) is 3.84. The van der Waals surface area contributed by atoms with Crippen LogP contribution in [0.2, 0.25) is 0 Å². The van der Waals surface area contributed by atoms with Gasteiger partial charge in [-0.15, -0.1) is 0 Å². The molecule has 11 heteroatoms. The summed E-state index contributed by atoms with van der Waals surface area (Å²) in [7, 11) is 2.95. The second-order valence-electron chi connectivity index (χ2n) is 13.8. The van der Waals surface area contributed by atoms with Gasteiger partial charge in [0, 0.05) is 12.0 Å². The molecule has 6 rings (SSSR count). The van der Waals surface area contributed by atoms with Crippen LogP contribution in [0.4, 0.5) is 4.79 Å². The van der Waals surface area contributed by atoms with E-state index in [0.717, 1.165) is 56.2 Å². The van der Waals surface area contributed by atoms with E-state index in [-0.39, 0.29) is 30.4 Å². The zero-order valence-corrected chi connectivity index (χ0v) is 26.3. The number of hydrogen-bond acceptors (Lipinski definition) is 9. The molecule has 4 aliphatic rings. The molecule has 2 amide bonds. The third kappa shape index (κ3) is 6.28. The lowest BCUT2D eigenvalue weighted by Gasteiger charge is -2.35. The fourth-order valence-corrected chi connectivity index (χ4v) is 6.86. The number of benzene rings is 1. The quantitative estimate of drug-likeness (QED) is 0.503. The molecule has 1 N–H and O–H groups in total. The highest BCUT2D eigenvalue weighted by Crippen LogP contribution is 2.47. The molecule has 0 spiro atoms. The Balaban J connectivity index is 1.40. The van der Waals surface area contributed by atoms with Crippen LogP contribution in [0.15, 0.2) is 18.2 Å². The van der Waals surface area contributed by atoms with Crippen molar-refractivity contribution in [2.45, 2.75) is 96.4 Å². The molecule has 3 fully saturated rings. The molecule has 2 bridgehead atoms. The molecule has 1 unspecified atom stereocenters. The Kier molecular flexibility index (Phi) is 8.32. The number of aromatic nitrogens is 2. The SMILES string of the molecule is COC(=O)[C@@H]1[C@H](C2CC2)[C@@H]2CN1C(=O)[C@H](C(C)(C)C)NC(=O)O[C@@H]1CC1CCCCCc1nc3ccc(OC)cc3nc1O2. The summed E-state index contributed by atoms with van der Waals surface area (Å²) in [4.78, 5) is 52.2. The van der Waals surface area contributed by atoms with Crippen LogP contribution in [-0.4, -0.2) is 77.9 Å². The molecule has 1 aromatic carbocycles. The zero-order chi connectivity index (χ0) is 31.2. The Morgan fingerprint density at radius 1 is 0.977 bits per heavy atom. The van der Waals surface area contributed by atoms with E-state index >= 15 is 0 Å². The Bertz CT molecular complexity index is 1420. The molecule has 2 saturated carbocycles. The van der Waals surface area contributed by atoms with Gasteiger partial charge < -0.3 is 29.2 Å². The predicted octanol–water partition coefficient (Wildman–Crippen LogP) is 4.44. The van der Waals surface area contributed by atoms with E-state index in [1.54, 1.807) is 12.0 Å². The van der Waals surface area contributed by atoms with Crippen LogP contribution in [0.25, 0.3) is 11.0 Å². The predicted molar refractivity (Wildman–Crippen MR) is 161 cm³/mol. The van der Waals surface area contributed by atoms with Gasteiger partial charge in [-0.2, -0.15) is 0 Å². The fraction of sp³-hybridized carbons (Fsp3) is 0.667. The molecule has 0 radical (unpaired) electrons. The van der Waals surface area contributed by atoms with E-state index in [9.17, 15) is 14.4 Å². The van der Waals surface area contributed by atoms with Crippen molar-refractivity contribution in [3.05, 3.63) is 23.9 Å². The summed E-state index contributed by atoms with van der Waals surface area (Å²) in [5.41, 5.74) is 1.53. The third-order valence-electron chi connectivity index (χ3n) is 9.55. The molecule has 238 valence electrons. The van der Waals surface area contributed by atoms with E-state index in [1.165, 1.54) is 7.11 Å². The molecule has 1 aromatic heterocycles. The summed E-state index contributed by atoms with van der Waals surface area (Å²) in [5.74, 6) is 0.498. The number of aryl methyl sites for hydroxylation is 1. The van der Waals surface area contributed by atoms with Gasteiger partial charge in [-0.3, -0.25) is 4.79 Å². The molecule has 2 aromatic rings. The Morgan fingerprint density at radius 3 is 2.48 bits per heavy atom. The highest BCUT2D eigenvalue weighted by Gasteiger charge is 2.57. The molecular formula is C33H44N4O7. The maximum atomic E-state index is 14.3. The van der Waals surface area contributed by atoms with Crippen molar-refractivity contribution < 1.29 is 33.3 Å². The van der Waals surface area contributed by atoms with Crippen molar-refractivity contribution >= 4 is 29.0 Å². The van der Waals surface area contributed by atoms with Crippen molar-refractivity contribution in [1.29, 1.82) is 0 Å². The maximum absolute atomic E-state index is 14.3. The average molecular weight is 609 g/mol. The minimum atomic E-state index is -0.916. The smallest absolute Gasteiger partial charge is 0.408 e. The van der Waals surface area contributed by atoms with E-state index < -0.39 is 35.7 Å². The van der Waals surface area contributed by atoms with E-state index in [4.69, 9.17) is 28.9 Å². The molecular weight excluding hydrogens is 564 g/mol. The standard InChI is InChI=1S/C33H44N4O7/c1-33(2,3)28-30(38)37-17-25(26(18-11-12-18)27(37)31(39)42-5)43-29-22(34-21-14-13-20(41-4)16-23(21)35-29)10-8-6-7-9-19-15-24(19)44-32(40)36-28/h13-14,16,18-19,24-28H,6-12,15,17H2,1-5H3,(H,36,40)/t19?,24-,25+,26-,27+,28-/m1/s1. The number of rotatable bonds is 3. The van der Waals surface area contributed by atoms with E-state index in [2.05, 4.69) is 5.32 Å². The van der Waals surface area contributed by atoms with Gasteiger partial charge in [-0.25, -0.2) is 19.6 Å². The number of alkyl carbamates (subject to hydrolysis) is 1. The minimum Gasteiger partial charge on any atom is -0.497 e. The first kappa shape index (κ1) is 30.4. The molecule has 2 aliphatic carbocycles. The number of methoxy groups -OCH3 is 2. The van der Waals surface area contributed by atoms with Crippen LogP contribution in [0.1, 0.15) is 71.4 Å². The van der Waals surface area contributed by atoms with Crippen molar-refractivity contribution in [3.8, 4) is 11.6 Å². The van der Waals surface area contributed by atoms with Gasteiger partial charge in [0.2, 0.25) is 11.8 Å². The molecule has 6 atom stereocenters. The molecule has 3 heterocycles. The normalized spacial score (nSPS) is 29.7. The number of carbonyl (C=O) groups is 3. The largest absolute Gasteiger partial charge is 0.497 e. The number of ether oxygens (including phenoxy) is 4. The average Bonchev–Trinajstić information content (AvgIpc) is 3.92. The number of esters is 1. The number of nitrogens with one attached hydrogen (secondary N) is 1. The van der Waals surface area contributed by atoms with Crippen LogP contribution in [0, 0.1) is 23.2 Å². The summed E-state index contributed by atoms with van der Waals surface area (Å²) in [6.07, 6.45) is 6.06. The number of amides is 2. The number of nitrogens with zero attached hydrogens (tertiary/aromatic N) is 3. The van der Waals surface area contributed by atoms with Gasteiger partial charge in [-0.05, 0) is 67.9 Å². The van der Waals surface area contributed by atoms with Crippen LogP contribution >= 0.6 is 0 Å². The lowest BCUT2D eigenvalue weighted by molar-refractivity contribution is -0.154. The Hall–Kier alpha value is -3.63. The molecule has 2 aliphatic heterocycles. The first-order chi connectivity index (χ1) is 21.1. The highest BCUT2D eigenvalue weighted by atomic mass is 16.6. The van der Waals surface area contributed by atoms with E-state index in [1.807, 2.05) is 39.0 Å². The van der Waals surface area contributed by atoms with Gasteiger partial charge in [0.05, 0.1) is 31.8 Å². The van der Waals surface area contributed by atoms with Crippen molar-refractivity contribution in [3.63, 3.8) is 0 Å². The van der Waals surface area contributed by atoms with Crippen molar-refractivity contribution in [2.24, 2.45) is 23.2 Å². The topological polar surface area (TPSA) is 129 Å². The van der Waals surface area contributed by atoms with Gasteiger partial charge >= 0.3 is 12.1 Å². The zero-order valence-electron chi connectivity index (χ0n) is 26.3. The Morgan fingerprint density at radius 2 is 1.77 bits per heavy atom. The van der Waals surface area contributed by atoms with E-state index in [0.29, 0.717) is 29.5 Å². The first-order valence-electron chi connectivity index (χ1n) is 15.9. The monoisotopic (exact) mass is 608 g/mol. The summed E-state index contributed by atoms with van der Waals surface area (Å²) >= 11 is 0. The number of fused-ring (bicyclic) bond motifs is 5. The summed E-state index contributed by atoms with van der Waals surface area (Å²) in [6.45, 7) is 5.83. The summed E-state index contributed by atoms with van der Waals surface area (Å²) in [5, 5.41) is 2.86. The van der Waals surface area contributed by atoms with Crippen LogP contribution in [0.5, 0.6) is 11.6 Å². The molecule has 1 saturated heterocycles. The molecule has 11 nitrogen and oxygen atoms in total. The second-order valence-corrected chi connectivity index (χ2v) is 13.8. The number of hydrogen-bond donors (Lipinski definition) is 1. The van der Waals surface area contributed by atoms with Crippen LogP contribution in [0.3, 0.4) is 0 Å². The van der Waals surface area contributed by atoms with Crippen molar-refractivity contribution in [2.75, 3.05) is 20.8 Å². The van der Waals surface area contributed by atoms with Gasteiger partial charge in [0.1, 0.15) is 35.7 Å². The van der Waals surface area contributed by atoms with Gasteiger partial charge in [0.25, 0.3) is 0 Å². The first-order valence-corrected chi connectivity index (χ1v) is 15.9. The summed E-state index contributed by atoms with van der Waals surface area (Å²) < 4.78 is 23.2. The van der Waals surface area contributed by atoms with Gasteiger partial charge in [0.15, 0.2) is 0 Å². The maximum Gasteiger partial charge on any atom is 0.408 e. The highest BCUT2D eigenvalue weighted by molar-refractivity contribution is 5.91. The van der Waals surface area contributed by atoms with Crippen molar-refractivity contribution in [1.82, 2.24) is 20.2 Å². The minimum absolute atomic E-state index is 0.133. The fourth-order valence-electron chi connectivity index (χ4n) is 6.86. The van der Waals surface area contributed by atoms with Gasteiger partial charge in [-0.1, -0.05) is 33.6 Å². The second kappa shape index (κ2) is 12.0. The van der Waals surface area contributed by atoms with Crippen LogP contribution in [-0.2, 0) is 25.5 Å². The molecule has 44 heavy (non-hydrogen) atoms. The lowest BCUT2D eigenvalue weighted by Crippen LogP contribution is -2.57. The Labute approximate surface area is 258 Å². The lowest BCUT2D eigenvalue weighted by atomic mass is 9.85. The van der Waals surface area contributed by atoms with Crippen LogP contribution < -0.4 is 14.8 Å². The third-order valence-corrected chi connectivity index (χ3v) is 9.55. The number of carbonyl (C=O) groups excluding carboxylic acids is 3.